The van der Waals surface area contributed by atoms with Gasteiger partial charge in [-0.1, -0.05) is 37.1 Å². The van der Waals surface area contributed by atoms with Crippen LogP contribution in [0.4, 0.5) is 5.82 Å². The predicted molar refractivity (Wildman–Crippen MR) is 112 cm³/mol. The van der Waals surface area contributed by atoms with Gasteiger partial charge in [0.25, 0.3) is 5.91 Å². The number of rotatable bonds is 5. The molecule has 0 unspecified atom stereocenters. The molecule has 0 radical (unpaired) electrons. The maximum atomic E-state index is 13.0. The van der Waals surface area contributed by atoms with Crippen LogP contribution in [-0.4, -0.2) is 35.9 Å². The number of hydrogen-bond acceptors (Lipinski definition) is 5. The Bertz CT molecular complexity index is 1150. The average molecular weight is 399 g/mol. The summed E-state index contributed by atoms with van der Waals surface area (Å²) in [5.41, 5.74) is 3.19. The highest BCUT2D eigenvalue weighted by Gasteiger charge is 2.22. The smallest absolute Gasteiger partial charge is 0.256 e. The second-order valence-corrected chi connectivity index (χ2v) is 7.44. The number of amides is 1. The van der Waals surface area contributed by atoms with E-state index in [1.165, 1.54) is 23.9 Å². The number of para-hydroxylation sites is 1. The Balaban J connectivity index is 1.46. The average Bonchev–Trinajstić information content (AvgIpc) is 3.56. The maximum absolute atomic E-state index is 13.0. The van der Waals surface area contributed by atoms with E-state index in [4.69, 9.17) is 5.10 Å². The lowest BCUT2D eigenvalue weighted by Crippen LogP contribution is -2.15. The molecule has 1 N–H and O–H groups in total. The van der Waals surface area contributed by atoms with E-state index in [1.807, 2.05) is 53.2 Å². The first kappa shape index (κ1) is 18.2. The van der Waals surface area contributed by atoms with Crippen molar-refractivity contribution in [2.24, 2.45) is 0 Å². The van der Waals surface area contributed by atoms with Crippen molar-refractivity contribution in [2.45, 2.75) is 31.6 Å². The number of aromatic nitrogens is 6. The predicted octanol–water partition coefficient (Wildman–Crippen LogP) is 3.76. The lowest BCUT2D eigenvalue weighted by atomic mass is 10.0. The minimum atomic E-state index is -0.208. The number of anilines is 1. The minimum absolute atomic E-state index is 0.208. The summed E-state index contributed by atoms with van der Waals surface area (Å²) >= 11 is 0. The van der Waals surface area contributed by atoms with E-state index < -0.39 is 0 Å². The first-order valence-corrected chi connectivity index (χ1v) is 10.1. The van der Waals surface area contributed by atoms with Crippen LogP contribution in [0.3, 0.4) is 0 Å². The number of hydrogen-bond donors (Lipinski definition) is 1. The molecule has 8 nitrogen and oxygen atoms in total. The minimum Gasteiger partial charge on any atom is -0.306 e. The number of tetrazole rings is 1. The van der Waals surface area contributed by atoms with Crippen LogP contribution in [-0.2, 0) is 0 Å². The van der Waals surface area contributed by atoms with E-state index in [2.05, 4.69) is 20.8 Å². The van der Waals surface area contributed by atoms with Crippen molar-refractivity contribution in [3.8, 4) is 11.4 Å². The number of carbonyl (C=O) groups is 1. The third-order valence-electron chi connectivity index (χ3n) is 5.47. The standard InChI is InChI=1S/C22H21N7O/c30-22(17-9-6-12-19(13-17)28-15-23-26-27-28)24-21-14-20(16-7-4-5-8-16)25-29(21)18-10-2-1-3-11-18/h1-3,6,9-16H,4-5,7-8H2,(H,24,30). The van der Waals surface area contributed by atoms with Crippen LogP contribution in [0, 0.1) is 0 Å². The van der Waals surface area contributed by atoms with Gasteiger partial charge in [-0.15, -0.1) is 5.10 Å². The fourth-order valence-electron chi connectivity index (χ4n) is 3.93. The molecule has 1 fully saturated rings. The molecule has 0 aliphatic heterocycles. The Labute approximate surface area is 173 Å². The number of nitrogens with zero attached hydrogens (tertiary/aromatic N) is 6. The van der Waals surface area contributed by atoms with Gasteiger partial charge in [0, 0.05) is 17.5 Å². The molecule has 2 aromatic carbocycles. The fraction of sp³-hybridized carbons (Fsp3) is 0.227. The first-order chi connectivity index (χ1) is 14.8. The van der Waals surface area contributed by atoms with Gasteiger partial charge in [-0.05, 0) is 53.6 Å². The highest BCUT2D eigenvalue weighted by molar-refractivity contribution is 6.04. The summed E-state index contributed by atoms with van der Waals surface area (Å²) in [4.78, 5) is 13.0. The summed E-state index contributed by atoms with van der Waals surface area (Å²) in [6, 6.07) is 19.1. The van der Waals surface area contributed by atoms with Crippen molar-refractivity contribution >= 4 is 11.7 Å². The van der Waals surface area contributed by atoms with E-state index in [1.54, 1.807) is 12.1 Å². The summed E-state index contributed by atoms with van der Waals surface area (Å²) in [7, 11) is 0. The molecule has 30 heavy (non-hydrogen) atoms. The van der Waals surface area contributed by atoms with E-state index in [9.17, 15) is 4.79 Å². The first-order valence-electron chi connectivity index (χ1n) is 10.1. The molecule has 8 heteroatoms. The van der Waals surface area contributed by atoms with Gasteiger partial charge in [-0.2, -0.15) is 5.10 Å². The van der Waals surface area contributed by atoms with Gasteiger partial charge in [-0.3, -0.25) is 4.79 Å². The monoisotopic (exact) mass is 399 g/mol. The zero-order valence-electron chi connectivity index (χ0n) is 16.3. The van der Waals surface area contributed by atoms with Crippen molar-refractivity contribution in [1.29, 1.82) is 0 Å². The van der Waals surface area contributed by atoms with Crippen LogP contribution < -0.4 is 5.32 Å². The van der Waals surface area contributed by atoms with Crippen LogP contribution in [0.25, 0.3) is 11.4 Å². The van der Waals surface area contributed by atoms with Crippen LogP contribution >= 0.6 is 0 Å². The molecular weight excluding hydrogens is 378 g/mol. The normalized spacial score (nSPS) is 14.1. The van der Waals surface area contributed by atoms with Crippen molar-refractivity contribution in [3.63, 3.8) is 0 Å². The van der Waals surface area contributed by atoms with Crippen LogP contribution in [0.15, 0.2) is 67.0 Å². The highest BCUT2D eigenvalue weighted by atomic mass is 16.1. The quantitative estimate of drug-likeness (QED) is 0.552. The molecule has 4 aromatic rings. The topological polar surface area (TPSA) is 90.5 Å². The number of nitrogens with one attached hydrogen (secondary N) is 1. The molecule has 2 aromatic heterocycles. The van der Waals surface area contributed by atoms with Gasteiger partial charge in [0.15, 0.2) is 0 Å². The maximum Gasteiger partial charge on any atom is 0.256 e. The molecular formula is C22H21N7O. The molecule has 1 amide bonds. The third-order valence-corrected chi connectivity index (χ3v) is 5.47. The molecule has 1 saturated carbocycles. The summed E-state index contributed by atoms with van der Waals surface area (Å²) < 4.78 is 3.33. The van der Waals surface area contributed by atoms with E-state index in [-0.39, 0.29) is 5.91 Å². The van der Waals surface area contributed by atoms with Gasteiger partial charge in [-0.25, -0.2) is 9.36 Å². The Morgan fingerprint density at radius 2 is 1.77 bits per heavy atom. The molecule has 5 rings (SSSR count). The summed E-state index contributed by atoms with van der Waals surface area (Å²) in [6.45, 7) is 0. The second-order valence-electron chi connectivity index (χ2n) is 7.44. The zero-order valence-corrected chi connectivity index (χ0v) is 16.3. The SMILES string of the molecule is O=C(Nc1cc(C2CCCC2)nn1-c1ccccc1)c1cccc(-n2cnnn2)c1. The molecule has 150 valence electrons. The summed E-state index contributed by atoms with van der Waals surface area (Å²) in [5.74, 6) is 0.912. The lowest BCUT2D eigenvalue weighted by molar-refractivity contribution is 0.102. The van der Waals surface area contributed by atoms with Gasteiger partial charge in [0.05, 0.1) is 17.1 Å². The van der Waals surface area contributed by atoms with Gasteiger partial charge in [0.2, 0.25) is 0 Å². The van der Waals surface area contributed by atoms with Crippen molar-refractivity contribution < 1.29 is 4.79 Å². The second kappa shape index (κ2) is 7.90. The molecule has 0 atom stereocenters. The van der Waals surface area contributed by atoms with Gasteiger partial charge < -0.3 is 5.32 Å². The molecule has 1 aliphatic rings. The Kier molecular flexibility index (Phi) is 4.80. The fourth-order valence-corrected chi connectivity index (χ4v) is 3.93. The van der Waals surface area contributed by atoms with Crippen LogP contribution in [0.2, 0.25) is 0 Å². The number of benzene rings is 2. The van der Waals surface area contributed by atoms with E-state index >= 15 is 0 Å². The Hall–Kier alpha value is -3.81. The largest absolute Gasteiger partial charge is 0.306 e. The third kappa shape index (κ3) is 3.59. The van der Waals surface area contributed by atoms with Crippen molar-refractivity contribution in [3.05, 3.63) is 78.2 Å². The molecule has 0 saturated heterocycles. The number of carbonyl (C=O) groups excluding carboxylic acids is 1. The molecule has 1 aliphatic carbocycles. The van der Waals surface area contributed by atoms with Crippen molar-refractivity contribution in [2.75, 3.05) is 5.32 Å². The van der Waals surface area contributed by atoms with E-state index in [0.29, 0.717) is 17.3 Å². The van der Waals surface area contributed by atoms with Crippen LogP contribution in [0.1, 0.15) is 47.7 Å². The van der Waals surface area contributed by atoms with Gasteiger partial charge in [0.1, 0.15) is 12.1 Å². The summed E-state index contributed by atoms with van der Waals surface area (Å²) in [5, 5.41) is 19.1. The van der Waals surface area contributed by atoms with E-state index in [0.717, 1.165) is 29.9 Å². The Morgan fingerprint density at radius 1 is 0.967 bits per heavy atom. The summed E-state index contributed by atoms with van der Waals surface area (Å²) in [6.07, 6.45) is 6.25. The molecule has 2 heterocycles. The van der Waals surface area contributed by atoms with Gasteiger partial charge >= 0.3 is 0 Å². The molecule has 0 bridgehead atoms. The van der Waals surface area contributed by atoms with Crippen LogP contribution in [0.5, 0.6) is 0 Å². The Morgan fingerprint density at radius 3 is 2.53 bits per heavy atom. The lowest BCUT2D eigenvalue weighted by Gasteiger charge is -2.09. The molecule has 0 spiro atoms. The van der Waals surface area contributed by atoms with Crippen molar-refractivity contribution in [1.82, 2.24) is 30.0 Å². The zero-order chi connectivity index (χ0) is 20.3. The highest BCUT2D eigenvalue weighted by Crippen LogP contribution is 2.35.